The first-order valence-electron chi connectivity index (χ1n) is 7.20. The van der Waals surface area contributed by atoms with Gasteiger partial charge in [0, 0.05) is 26.7 Å². The highest BCUT2D eigenvalue weighted by molar-refractivity contribution is 5.77. The summed E-state index contributed by atoms with van der Waals surface area (Å²) in [5.74, 6) is 0.624. The van der Waals surface area contributed by atoms with Crippen LogP contribution in [0.1, 0.15) is 18.4 Å². The summed E-state index contributed by atoms with van der Waals surface area (Å²) in [6.07, 6.45) is 2.32. The lowest BCUT2D eigenvalue weighted by Gasteiger charge is -2.31. The molecule has 1 fully saturated rings. The molecular weight excluding hydrogens is 252 g/mol. The molecule has 1 aliphatic rings. The molecule has 4 heteroatoms. The van der Waals surface area contributed by atoms with E-state index in [1.807, 2.05) is 18.2 Å². The molecule has 1 N–H and O–H groups in total. The Morgan fingerprint density at radius 3 is 2.45 bits per heavy atom. The van der Waals surface area contributed by atoms with Crippen molar-refractivity contribution in [1.29, 1.82) is 0 Å². The molecule has 20 heavy (non-hydrogen) atoms. The summed E-state index contributed by atoms with van der Waals surface area (Å²) < 4.78 is 0. The van der Waals surface area contributed by atoms with Gasteiger partial charge in [0.15, 0.2) is 0 Å². The number of carbonyl (C=O) groups excluding carboxylic acids is 1. The van der Waals surface area contributed by atoms with Crippen molar-refractivity contribution in [1.82, 2.24) is 9.80 Å². The van der Waals surface area contributed by atoms with Gasteiger partial charge in [-0.05, 0) is 24.3 Å². The van der Waals surface area contributed by atoms with Crippen molar-refractivity contribution < 1.29 is 9.90 Å². The van der Waals surface area contributed by atoms with Gasteiger partial charge < -0.3 is 10.0 Å². The highest BCUT2D eigenvalue weighted by Crippen LogP contribution is 2.35. The Morgan fingerprint density at radius 2 is 1.95 bits per heavy atom. The van der Waals surface area contributed by atoms with Crippen molar-refractivity contribution in [3.8, 4) is 0 Å². The van der Waals surface area contributed by atoms with Gasteiger partial charge in [-0.25, -0.2) is 0 Å². The molecule has 1 aromatic rings. The molecule has 0 aromatic heterocycles. The van der Waals surface area contributed by atoms with E-state index < -0.39 is 0 Å². The SMILES string of the molecule is CN(C)C(=O)CN(Cc1ccccc1)C(CO)C1CC1. The molecule has 1 aromatic carbocycles. The van der Waals surface area contributed by atoms with Crippen molar-refractivity contribution in [2.24, 2.45) is 5.92 Å². The Kier molecular flexibility index (Phi) is 5.15. The number of benzene rings is 1. The first-order valence-corrected chi connectivity index (χ1v) is 7.20. The van der Waals surface area contributed by atoms with Crippen LogP contribution in [0.25, 0.3) is 0 Å². The monoisotopic (exact) mass is 276 g/mol. The number of hydrogen-bond acceptors (Lipinski definition) is 3. The van der Waals surface area contributed by atoms with Crippen molar-refractivity contribution in [3.63, 3.8) is 0 Å². The summed E-state index contributed by atoms with van der Waals surface area (Å²) in [6, 6.07) is 10.2. The Bertz CT molecular complexity index is 429. The highest BCUT2D eigenvalue weighted by atomic mass is 16.3. The molecule has 0 heterocycles. The molecule has 1 atom stereocenters. The minimum atomic E-state index is 0.0834. The predicted octanol–water partition coefficient (Wildman–Crippen LogP) is 1.35. The topological polar surface area (TPSA) is 43.8 Å². The zero-order valence-electron chi connectivity index (χ0n) is 12.3. The lowest BCUT2D eigenvalue weighted by molar-refractivity contribution is -0.131. The van der Waals surface area contributed by atoms with Gasteiger partial charge in [-0.2, -0.15) is 0 Å². The first kappa shape index (κ1) is 15.0. The van der Waals surface area contributed by atoms with Crippen molar-refractivity contribution >= 4 is 5.91 Å². The highest BCUT2D eigenvalue weighted by Gasteiger charge is 2.35. The summed E-state index contributed by atoms with van der Waals surface area (Å²) in [5, 5.41) is 9.67. The molecule has 1 aliphatic carbocycles. The normalized spacial score (nSPS) is 16.2. The Balaban J connectivity index is 2.08. The maximum absolute atomic E-state index is 12.0. The van der Waals surface area contributed by atoms with Crippen LogP contribution in [0, 0.1) is 5.92 Å². The molecule has 2 rings (SSSR count). The second-order valence-electron chi connectivity index (χ2n) is 5.77. The van der Waals surface area contributed by atoms with Gasteiger partial charge in [0.2, 0.25) is 5.91 Å². The lowest BCUT2D eigenvalue weighted by Crippen LogP contribution is -2.45. The van der Waals surface area contributed by atoms with Crippen LogP contribution in [0.15, 0.2) is 30.3 Å². The van der Waals surface area contributed by atoms with Crippen LogP contribution in [-0.2, 0) is 11.3 Å². The molecule has 1 amide bonds. The molecular formula is C16H24N2O2. The number of carbonyl (C=O) groups is 1. The smallest absolute Gasteiger partial charge is 0.236 e. The van der Waals surface area contributed by atoms with E-state index >= 15 is 0 Å². The molecule has 0 aliphatic heterocycles. The molecule has 0 bridgehead atoms. The Labute approximate surface area is 121 Å². The van der Waals surface area contributed by atoms with Crippen LogP contribution in [0.4, 0.5) is 0 Å². The van der Waals surface area contributed by atoms with E-state index in [0.717, 1.165) is 12.8 Å². The fourth-order valence-corrected chi connectivity index (χ4v) is 2.47. The third-order valence-corrected chi connectivity index (χ3v) is 3.89. The summed E-state index contributed by atoms with van der Waals surface area (Å²) in [6.45, 7) is 1.20. The molecule has 0 saturated heterocycles. The van der Waals surface area contributed by atoms with Gasteiger partial charge in [0.05, 0.1) is 13.2 Å². The summed E-state index contributed by atoms with van der Waals surface area (Å²) in [7, 11) is 3.54. The number of aliphatic hydroxyl groups excluding tert-OH is 1. The van der Waals surface area contributed by atoms with E-state index in [-0.39, 0.29) is 18.6 Å². The quantitative estimate of drug-likeness (QED) is 0.817. The molecule has 1 unspecified atom stereocenters. The second-order valence-corrected chi connectivity index (χ2v) is 5.77. The molecule has 4 nitrogen and oxygen atoms in total. The van der Waals surface area contributed by atoms with Gasteiger partial charge in [-0.3, -0.25) is 9.69 Å². The zero-order chi connectivity index (χ0) is 14.5. The fourth-order valence-electron chi connectivity index (χ4n) is 2.47. The molecule has 0 spiro atoms. The maximum Gasteiger partial charge on any atom is 0.236 e. The van der Waals surface area contributed by atoms with Gasteiger partial charge in [-0.15, -0.1) is 0 Å². The van der Waals surface area contributed by atoms with E-state index in [1.165, 1.54) is 5.56 Å². The van der Waals surface area contributed by atoms with Crippen LogP contribution in [-0.4, -0.2) is 54.1 Å². The Hall–Kier alpha value is -1.39. The Morgan fingerprint density at radius 1 is 1.30 bits per heavy atom. The fraction of sp³-hybridized carbons (Fsp3) is 0.562. The van der Waals surface area contributed by atoms with E-state index in [1.54, 1.807) is 19.0 Å². The van der Waals surface area contributed by atoms with Crippen LogP contribution >= 0.6 is 0 Å². The molecule has 1 saturated carbocycles. The number of likely N-dealkylation sites (N-methyl/N-ethyl adjacent to an activating group) is 1. The standard InChI is InChI=1S/C16H24N2O2/c1-17(2)16(20)11-18(15(12-19)14-8-9-14)10-13-6-4-3-5-7-13/h3-7,14-15,19H,8-12H2,1-2H3. The van der Waals surface area contributed by atoms with Crippen molar-refractivity contribution in [2.45, 2.75) is 25.4 Å². The summed E-state index contributed by atoms with van der Waals surface area (Å²) in [5.41, 5.74) is 1.18. The average Bonchev–Trinajstić information content (AvgIpc) is 3.25. The number of hydrogen-bond donors (Lipinski definition) is 1. The lowest BCUT2D eigenvalue weighted by atomic mass is 10.1. The number of aliphatic hydroxyl groups is 1. The third-order valence-electron chi connectivity index (χ3n) is 3.89. The van der Waals surface area contributed by atoms with Crippen LogP contribution in [0.3, 0.4) is 0 Å². The van der Waals surface area contributed by atoms with E-state index in [9.17, 15) is 9.90 Å². The number of rotatable bonds is 7. The number of amides is 1. The van der Waals surface area contributed by atoms with Gasteiger partial charge in [0.25, 0.3) is 0 Å². The van der Waals surface area contributed by atoms with Crippen molar-refractivity contribution in [2.75, 3.05) is 27.2 Å². The third kappa shape index (κ3) is 4.05. The average molecular weight is 276 g/mol. The molecule has 110 valence electrons. The maximum atomic E-state index is 12.0. The van der Waals surface area contributed by atoms with Gasteiger partial charge in [0.1, 0.15) is 0 Å². The predicted molar refractivity (Wildman–Crippen MR) is 79.1 cm³/mol. The minimum Gasteiger partial charge on any atom is -0.395 e. The number of nitrogens with zero attached hydrogens (tertiary/aromatic N) is 2. The van der Waals surface area contributed by atoms with E-state index in [2.05, 4.69) is 17.0 Å². The largest absolute Gasteiger partial charge is 0.395 e. The van der Waals surface area contributed by atoms with E-state index in [4.69, 9.17) is 0 Å². The van der Waals surface area contributed by atoms with Crippen molar-refractivity contribution in [3.05, 3.63) is 35.9 Å². The summed E-state index contributed by atoms with van der Waals surface area (Å²) >= 11 is 0. The van der Waals surface area contributed by atoms with Crippen LogP contribution < -0.4 is 0 Å². The zero-order valence-corrected chi connectivity index (χ0v) is 12.3. The van der Waals surface area contributed by atoms with Crippen LogP contribution in [0.2, 0.25) is 0 Å². The molecule has 0 radical (unpaired) electrons. The summed E-state index contributed by atoms with van der Waals surface area (Å²) in [4.78, 5) is 15.7. The van der Waals surface area contributed by atoms with Crippen LogP contribution in [0.5, 0.6) is 0 Å². The van der Waals surface area contributed by atoms with Gasteiger partial charge in [-0.1, -0.05) is 30.3 Å². The minimum absolute atomic E-state index is 0.0834. The van der Waals surface area contributed by atoms with Gasteiger partial charge >= 0.3 is 0 Å². The first-order chi connectivity index (χ1) is 9.61. The van der Waals surface area contributed by atoms with E-state index in [0.29, 0.717) is 19.0 Å². The second kappa shape index (κ2) is 6.86.